The second-order valence-corrected chi connectivity index (χ2v) is 16.4. The van der Waals surface area contributed by atoms with Crippen LogP contribution in [0.4, 0.5) is 83.5 Å². The number of hydrogen-bond donors (Lipinski definition) is 0. The van der Waals surface area contributed by atoms with E-state index in [0.29, 0.717) is 11.4 Å². The molecule has 0 atom stereocenters. The van der Waals surface area contributed by atoms with E-state index in [0.717, 1.165) is 34.1 Å². The van der Waals surface area contributed by atoms with Crippen molar-refractivity contribution in [2.45, 2.75) is 52.1 Å². The molecule has 0 fully saturated rings. The summed E-state index contributed by atoms with van der Waals surface area (Å²) in [6.45, 7) is 11.0. The van der Waals surface area contributed by atoms with Crippen molar-refractivity contribution < 1.29 is 68.5 Å². The van der Waals surface area contributed by atoms with Crippen molar-refractivity contribution in [3.05, 3.63) is 230 Å². The quantitative estimate of drug-likeness (QED) is 0.0575. The Labute approximate surface area is 467 Å². The van der Waals surface area contributed by atoms with Gasteiger partial charge in [-0.15, -0.1) is 24.7 Å². The number of nitrogens with zero attached hydrogens (tertiary/aromatic N) is 12. The summed E-state index contributed by atoms with van der Waals surface area (Å²) in [6, 6.07) is 59.5. The molecule has 0 unspecified atom stereocenters. The minimum absolute atomic E-state index is 0. The standard InChI is InChI=1S/2C15H13F3N4.2C13H11N2.2Pt/c2*1-10(2)21-9-22(11-6-4-3-5-7-11)12-8-19-14(15(16,17)18)20-13(12)21;2*1-3-7-12(8-4-1)14-11-15-13-9-5-2-6-10-13;;/h2*3-6,8-10H,1-2H3;2*1-11H;;/q2*-2;2*-1;;. The maximum Gasteiger partial charge on any atom is 0.451 e. The third-order valence-electron chi connectivity index (χ3n) is 10.4. The van der Waals surface area contributed by atoms with E-state index in [1.165, 1.54) is 12.4 Å². The summed E-state index contributed by atoms with van der Waals surface area (Å²) in [5.41, 5.74) is 6.10. The maximum absolute atomic E-state index is 12.8. The van der Waals surface area contributed by atoms with Gasteiger partial charge in [0.15, 0.2) is 0 Å². The van der Waals surface area contributed by atoms with Crippen molar-refractivity contribution in [2.75, 3.05) is 19.6 Å². The van der Waals surface area contributed by atoms with E-state index in [1.54, 1.807) is 57.7 Å². The molecule has 76 heavy (non-hydrogen) atoms. The van der Waals surface area contributed by atoms with Gasteiger partial charge in [0.2, 0.25) is 11.6 Å². The van der Waals surface area contributed by atoms with Gasteiger partial charge in [-0.25, -0.2) is 19.9 Å². The fourth-order valence-corrected chi connectivity index (χ4v) is 6.80. The van der Waals surface area contributed by atoms with Gasteiger partial charge in [0.1, 0.15) is 11.6 Å². The van der Waals surface area contributed by atoms with Crippen molar-refractivity contribution in [2.24, 2.45) is 9.98 Å². The first kappa shape index (κ1) is 59.5. The Balaban J connectivity index is 0.000000188. The van der Waals surface area contributed by atoms with Gasteiger partial charge < -0.3 is 40.2 Å². The van der Waals surface area contributed by atoms with Gasteiger partial charge in [-0.2, -0.15) is 87.0 Å². The van der Waals surface area contributed by atoms with Gasteiger partial charge in [0.25, 0.3) is 0 Å². The summed E-state index contributed by atoms with van der Waals surface area (Å²) in [4.78, 5) is 29.6. The van der Waals surface area contributed by atoms with Crippen LogP contribution < -0.4 is 19.6 Å². The SMILES string of the molecule is C(=Nc1ccccc1)[N-]c1ccccc1.C(=Nc1ccccc1)[N-]c1ccccc1.CC(C)N1[CH-]N(c2[c-]cccc2)c2cnc(C(F)(F)F)nc21.CC(C)N1[CH-]N(c2[c-]cccc2)c2cnc(C(F)(F)F)nc21.[Pt].[Pt]. The molecule has 0 spiro atoms. The Morgan fingerprint density at radius 3 is 1.12 bits per heavy atom. The van der Waals surface area contributed by atoms with Gasteiger partial charge in [0, 0.05) is 42.1 Å². The third-order valence-corrected chi connectivity index (χ3v) is 10.4. The first-order chi connectivity index (χ1) is 35.7. The number of para-hydroxylation sites is 6. The van der Waals surface area contributed by atoms with E-state index in [1.807, 2.05) is 185 Å². The largest absolute Gasteiger partial charge is 0.491 e. The van der Waals surface area contributed by atoms with Crippen LogP contribution in [-0.2, 0) is 54.5 Å². The third kappa shape index (κ3) is 16.8. The molecule has 10 rings (SSSR count). The van der Waals surface area contributed by atoms with Crippen molar-refractivity contribution in [3.8, 4) is 0 Å². The zero-order valence-corrected chi connectivity index (χ0v) is 45.6. The van der Waals surface area contributed by atoms with Crippen LogP contribution in [0, 0.1) is 25.5 Å². The average molecular weight is 1390 g/mol. The zero-order valence-electron chi connectivity index (χ0n) is 41.1. The van der Waals surface area contributed by atoms with Crippen LogP contribution in [0.15, 0.2) is 192 Å². The molecule has 6 aromatic carbocycles. The minimum atomic E-state index is -4.57. The Hall–Kier alpha value is -7.42. The van der Waals surface area contributed by atoms with E-state index >= 15 is 0 Å². The Morgan fingerprint density at radius 2 is 0.816 bits per heavy atom. The predicted octanol–water partition coefficient (Wildman–Crippen LogP) is 15.7. The summed E-state index contributed by atoms with van der Waals surface area (Å²) in [7, 11) is 0. The van der Waals surface area contributed by atoms with Crippen LogP contribution in [0.2, 0.25) is 0 Å². The number of aliphatic imine (C=N–C) groups is 2. The predicted molar refractivity (Wildman–Crippen MR) is 281 cm³/mol. The monoisotopic (exact) mass is 1390 g/mol. The summed E-state index contributed by atoms with van der Waals surface area (Å²) >= 11 is 0. The number of anilines is 6. The van der Waals surface area contributed by atoms with E-state index in [4.69, 9.17) is 0 Å². The van der Waals surface area contributed by atoms with Crippen molar-refractivity contribution in [1.29, 1.82) is 0 Å². The number of fused-ring (bicyclic) bond motifs is 2. The van der Waals surface area contributed by atoms with Crippen LogP contribution in [0.1, 0.15) is 39.3 Å². The molecule has 12 nitrogen and oxygen atoms in total. The Morgan fingerprint density at radius 1 is 0.487 bits per heavy atom. The van der Waals surface area contributed by atoms with E-state index < -0.39 is 24.0 Å². The van der Waals surface area contributed by atoms with Crippen LogP contribution in [-0.4, -0.2) is 44.7 Å². The fourth-order valence-electron chi connectivity index (χ4n) is 6.80. The molecular weight excluding hydrogens is 1340 g/mol. The molecule has 0 saturated heterocycles. The number of alkyl halides is 6. The normalized spacial score (nSPS) is 12.6. The van der Waals surface area contributed by atoms with Crippen molar-refractivity contribution in [1.82, 2.24) is 19.9 Å². The molecule has 0 N–H and O–H groups in total. The summed E-state index contributed by atoms with van der Waals surface area (Å²) < 4.78 is 77.0. The van der Waals surface area contributed by atoms with Crippen LogP contribution in [0.25, 0.3) is 10.6 Å². The van der Waals surface area contributed by atoms with Gasteiger partial charge in [-0.05, 0) is 62.5 Å². The molecule has 0 aliphatic carbocycles. The molecule has 2 aliphatic rings. The number of rotatable bonds is 10. The van der Waals surface area contributed by atoms with Crippen LogP contribution >= 0.6 is 0 Å². The molecule has 2 aromatic heterocycles. The number of aromatic nitrogens is 4. The van der Waals surface area contributed by atoms with Gasteiger partial charge in [0.05, 0.1) is 23.8 Å². The number of halogens is 6. The average Bonchev–Trinajstić information content (AvgIpc) is 4.00. The minimum Gasteiger partial charge on any atom is -0.491 e. The van der Waals surface area contributed by atoms with E-state index in [9.17, 15) is 26.3 Å². The summed E-state index contributed by atoms with van der Waals surface area (Å²) in [6.07, 6.45) is -3.58. The number of benzene rings is 6. The summed E-state index contributed by atoms with van der Waals surface area (Å²) in [5, 5.41) is 8.42. The molecule has 400 valence electrons. The van der Waals surface area contributed by atoms with Gasteiger partial charge in [-0.3, -0.25) is 0 Å². The second-order valence-electron chi connectivity index (χ2n) is 16.4. The molecule has 0 radical (unpaired) electrons. The number of hydrogen-bond acceptors (Lipinski definition) is 10. The molecule has 8 aromatic rings. The molecule has 20 heteroatoms. The zero-order chi connectivity index (χ0) is 52.5. The van der Waals surface area contributed by atoms with E-state index in [-0.39, 0.29) is 65.8 Å². The molecule has 2 aliphatic heterocycles. The Kier molecular flexibility index (Phi) is 22.3. The van der Waals surface area contributed by atoms with Crippen molar-refractivity contribution in [3.63, 3.8) is 0 Å². The van der Waals surface area contributed by atoms with Gasteiger partial charge in [-0.1, -0.05) is 134 Å². The van der Waals surface area contributed by atoms with Crippen LogP contribution in [0.5, 0.6) is 0 Å². The molecule has 4 heterocycles. The first-order valence-corrected chi connectivity index (χ1v) is 23.0. The topological polar surface area (TPSA) is 117 Å². The second kappa shape index (κ2) is 28.5. The van der Waals surface area contributed by atoms with Crippen molar-refractivity contribution >= 4 is 69.8 Å². The molecule has 0 amide bonds. The van der Waals surface area contributed by atoms with Crippen LogP contribution in [0.3, 0.4) is 0 Å². The molecule has 0 saturated carbocycles. The smallest absolute Gasteiger partial charge is 0.451 e. The van der Waals surface area contributed by atoms with Gasteiger partial charge >= 0.3 is 12.4 Å². The summed E-state index contributed by atoms with van der Waals surface area (Å²) in [5.74, 6) is -1.78. The molecule has 0 bridgehead atoms. The van der Waals surface area contributed by atoms with E-state index in [2.05, 4.69) is 52.7 Å². The Bertz CT molecular complexity index is 2810. The molecular formula is C56H48F6N12Pt2-6. The maximum atomic E-state index is 12.8. The first-order valence-electron chi connectivity index (χ1n) is 23.0. The fraction of sp³-hybridized carbons (Fsp3) is 0.143.